The number of hydrogen-bond donors (Lipinski definition) is 1. The number of rotatable bonds is 3. The van der Waals surface area contributed by atoms with Crippen LogP contribution in [0, 0.1) is 13.8 Å². The van der Waals surface area contributed by atoms with E-state index < -0.39 is 11.9 Å². The molecule has 0 spiro atoms. The first-order chi connectivity index (χ1) is 13.4. The van der Waals surface area contributed by atoms with Crippen molar-refractivity contribution in [2.75, 3.05) is 4.90 Å². The lowest BCUT2D eigenvalue weighted by Crippen LogP contribution is -2.30. The molecule has 0 atom stereocenters. The number of aryl methyl sites for hydroxylation is 2. The van der Waals surface area contributed by atoms with Gasteiger partial charge in [-0.2, -0.15) is 0 Å². The highest BCUT2D eigenvalue weighted by Crippen LogP contribution is 2.25. The molecule has 2 heterocycles. The molecule has 0 unspecified atom stereocenters. The summed E-state index contributed by atoms with van der Waals surface area (Å²) in [5.41, 5.74) is 4.89. The average molecular weight is 392 g/mol. The van der Waals surface area contributed by atoms with Crippen molar-refractivity contribution in [3.8, 4) is 5.69 Å². The molecule has 2 aromatic carbocycles. The fourth-order valence-corrected chi connectivity index (χ4v) is 3.26. The molecule has 5 nitrogen and oxygen atoms in total. The lowest BCUT2D eigenvalue weighted by molar-refractivity contribution is -0.113. The number of anilines is 1. The first-order valence-corrected chi connectivity index (χ1v) is 9.19. The van der Waals surface area contributed by atoms with Crippen LogP contribution in [0.15, 0.2) is 66.5 Å². The molecule has 1 N–H and O–H groups in total. The Labute approximate surface area is 167 Å². The Morgan fingerprint density at radius 2 is 1.64 bits per heavy atom. The third-order valence-electron chi connectivity index (χ3n) is 4.80. The van der Waals surface area contributed by atoms with E-state index in [9.17, 15) is 9.59 Å². The number of amides is 3. The standard InChI is InChI=1S/C22H18ClN3O2/c1-14-5-8-19(12-15(14)2)25-11-3-4-18(25)13-20-21(27)26(22(28)24-20)17-9-6-16(23)7-10-17/h3-13H,1-2H3,(H,24,28)/b20-13+. The topological polar surface area (TPSA) is 54.3 Å². The minimum absolute atomic E-state index is 0.226. The molecule has 28 heavy (non-hydrogen) atoms. The molecule has 6 heteroatoms. The summed E-state index contributed by atoms with van der Waals surface area (Å²) in [6.45, 7) is 4.13. The quantitative estimate of drug-likeness (QED) is 0.512. The van der Waals surface area contributed by atoms with Crippen molar-refractivity contribution in [3.05, 3.63) is 88.3 Å². The number of nitrogens with one attached hydrogen (secondary N) is 1. The zero-order valence-corrected chi connectivity index (χ0v) is 16.2. The second-order valence-corrected chi connectivity index (χ2v) is 7.11. The number of benzene rings is 2. The third kappa shape index (κ3) is 3.21. The Morgan fingerprint density at radius 3 is 2.36 bits per heavy atom. The Morgan fingerprint density at radius 1 is 0.929 bits per heavy atom. The Balaban J connectivity index is 1.68. The number of hydrogen-bond acceptors (Lipinski definition) is 2. The first-order valence-electron chi connectivity index (χ1n) is 8.82. The van der Waals surface area contributed by atoms with E-state index in [1.54, 1.807) is 30.3 Å². The number of halogens is 1. The molecule has 3 aromatic rings. The van der Waals surface area contributed by atoms with Gasteiger partial charge in [-0.3, -0.25) is 4.79 Å². The Hall–Kier alpha value is -3.31. The number of aromatic nitrogens is 1. The van der Waals surface area contributed by atoms with E-state index in [1.807, 2.05) is 29.0 Å². The van der Waals surface area contributed by atoms with Crippen LogP contribution in [0.5, 0.6) is 0 Å². The summed E-state index contributed by atoms with van der Waals surface area (Å²) in [4.78, 5) is 26.3. The molecule has 0 radical (unpaired) electrons. The Bertz CT molecular complexity index is 1110. The molecule has 4 rings (SSSR count). The maximum Gasteiger partial charge on any atom is 0.333 e. The van der Waals surface area contributed by atoms with Gasteiger partial charge in [-0.1, -0.05) is 17.7 Å². The highest BCUT2D eigenvalue weighted by atomic mass is 35.5. The third-order valence-corrected chi connectivity index (χ3v) is 5.06. The van der Waals surface area contributed by atoms with Crippen LogP contribution in [0.2, 0.25) is 5.02 Å². The van der Waals surface area contributed by atoms with Crippen molar-refractivity contribution in [3.63, 3.8) is 0 Å². The van der Waals surface area contributed by atoms with Crippen LogP contribution in [0.3, 0.4) is 0 Å². The fraction of sp³-hybridized carbons (Fsp3) is 0.0909. The smallest absolute Gasteiger partial charge is 0.317 e. The van der Waals surface area contributed by atoms with Gasteiger partial charge in [0.2, 0.25) is 0 Å². The zero-order valence-electron chi connectivity index (χ0n) is 15.4. The Kier molecular flexibility index (Phi) is 4.53. The highest BCUT2D eigenvalue weighted by Gasteiger charge is 2.35. The van der Waals surface area contributed by atoms with Crippen molar-refractivity contribution in [2.45, 2.75) is 13.8 Å². The molecule has 1 aliphatic rings. The molecule has 140 valence electrons. The SMILES string of the molecule is Cc1ccc(-n2cccc2/C=C2/NC(=O)N(c3ccc(Cl)cc3)C2=O)cc1C. The molecular formula is C22H18ClN3O2. The van der Waals surface area contributed by atoms with E-state index in [1.165, 1.54) is 11.1 Å². The van der Waals surface area contributed by atoms with E-state index in [0.717, 1.165) is 16.3 Å². The van der Waals surface area contributed by atoms with Crippen LogP contribution in [0.4, 0.5) is 10.5 Å². The summed E-state index contributed by atoms with van der Waals surface area (Å²) in [7, 11) is 0. The first kappa shape index (κ1) is 18.1. The van der Waals surface area contributed by atoms with Crippen LogP contribution >= 0.6 is 11.6 Å². The van der Waals surface area contributed by atoms with Gasteiger partial charge in [-0.05, 0) is 79.6 Å². The molecule has 1 aromatic heterocycles. The molecule has 1 fully saturated rings. The molecular weight excluding hydrogens is 374 g/mol. The summed E-state index contributed by atoms with van der Waals surface area (Å²) >= 11 is 5.89. The van der Waals surface area contributed by atoms with Gasteiger partial charge in [-0.15, -0.1) is 0 Å². The van der Waals surface area contributed by atoms with Crippen molar-refractivity contribution in [1.82, 2.24) is 9.88 Å². The van der Waals surface area contributed by atoms with Crippen LogP contribution in [0.1, 0.15) is 16.8 Å². The van der Waals surface area contributed by atoms with Crippen LogP contribution in [0.25, 0.3) is 11.8 Å². The maximum absolute atomic E-state index is 12.8. The predicted molar refractivity (Wildman–Crippen MR) is 111 cm³/mol. The molecule has 3 amide bonds. The van der Waals surface area contributed by atoms with E-state index in [0.29, 0.717) is 10.7 Å². The summed E-state index contributed by atoms with van der Waals surface area (Å²) in [6.07, 6.45) is 3.61. The second kappa shape index (κ2) is 7.02. The number of carbonyl (C=O) groups excluding carboxylic acids is 2. The summed E-state index contributed by atoms with van der Waals surface area (Å²) in [5.74, 6) is -0.403. The van der Waals surface area contributed by atoms with Gasteiger partial charge in [0, 0.05) is 22.6 Å². The van der Waals surface area contributed by atoms with Crippen molar-refractivity contribution in [2.24, 2.45) is 0 Å². The van der Waals surface area contributed by atoms with Crippen LogP contribution in [-0.4, -0.2) is 16.5 Å². The van der Waals surface area contributed by atoms with Gasteiger partial charge in [0.1, 0.15) is 5.70 Å². The lowest BCUT2D eigenvalue weighted by atomic mass is 10.1. The molecule has 1 saturated heterocycles. The van der Waals surface area contributed by atoms with Gasteiger partial charge in [-0.25, -0.2) is 9.69 Å². The summed E-state index contributed by atoms with van der Waals surface area (Å²) < 4.78 is 1.98. The van der Waals surface area contributed by atoms with Crippen LogP contribution < -0.4 is 10.2 Å². The average Bonchev–Trinajstić information content (AvgIpc) is 3.23. The van der Waals surface area contributed by atoms with E-state index in [-0.39, 0.29) is 5.70 Å². The zero-order chi connectivity index (χ0) is 19.8. The normalized spacial score (nSPS) is 15.4. The summed E-state index contributed by atoms with van der Waals surface area (Å²) in [5, 5.41) is 3.20. The predicted octanol–water partition coefficient (Wildman–Crippen LogP) is 4.84. The second-order valence-electron chi connectivity index (χ2n) is 6.68. The number of nitrogens with zero attached hydrogens (tertiary/aromatic N) is 2. The van der Waals surface area contributed by atoms with Gasteiger partial charge in [0.05, 0.1) is 5.69 Å². The maximum atomic E-state index is 12.8. The number of imide groups is 1. The van der Waals surface area contributed by atoms with Crippen molar-refractivity contribution >= 4 is 35.3 Å². The largest absolute Gasteiger partial charge is 0.333 e. The van der Waals surface area contributed by atoms with E-state index >= 15 is 0 Å². The van der Waals surface area contributed by atoms with Gasteiger partial charge < -0.3 is 9.88 Å². The number of carbonyl (C=O) groups is 2. The minimum Gasteiger partial charge on any atom is -0.317 e. The van der Waals surface area contributed by atoms with E-state index in [2.05, 4.69) is 31.3 Å². The van der Waals surface area contributed by atoms with Gasteiger partial charge in [0.25, 0.3) is 5.91 Å². The van der Waals surface area contributed by atoms with E-state index in [4.69, 9.17) is 11.6 Å². The minimum atomic E-state index is -0.483. The van der Waals surface area contributed by atoms with Crippen molar-refractivity contribution < 1.29 is 9.59 Å². The molecule has 1 aliphatic heterocycles. The molecule has 0 saturated carbocycles. The van der Waals surface area contributed by atoms with Gasteiger partial charge >= 0.3 is 6.03 Å². The summed E-state index contributed by atoms with van der Waals surface area (Å²) in [6, 6.07) is 16.1. The molecule has 0 aliphatic carbocycles. The lowest BCUT2D eigenvalue weighted by Gasteiger charge is -2.11. The van der Waals surface area contributed by atoms with Crippen LogP contribution in [-0.2, 0) is 4.79 Å². The van der Waals surface area contributed by atoms with Crippen molar-refractivity contribution in [1.29, 1.82) is 0 Å². The fourth-order valence-electron chi connectivity index (χ4n) is 3.13. The highest BCUT2D eigenvalue weighted by molar-refractivity contribution is 6.31. The number of urea groups is 1. The monoisotopic (exact) mass is 391 g/mol. The molecule has 0 bridgehead atoms. The van der Waals surface area contributed by atoms with Gasteiger partial charge in [0.15, 0.2) is 0 Å².